The molecule has 0 amide bonds. The monoisotopic (exact) mass is 611 g/mol. The lowest BCUT2D eigenvalue weighted by Gasteiger charge is -2.30. The van der Waals surface area contributed by atoms with Gasteiger partial charge in [-0.2, -0.15) is 0 Å². The van der Waals surface area contributed by atoms with Crippen molar-refractivity contribution in [3.05, 3.63) is 142 Å². The molecule has 0 atom stereocenters. The molecule has 1 aromatic heterocycles. The number of benzene rings is 5. The van der Waals surface area contributed by atoms with Crippen molar-refractivity contribution in [3.8, 4) is 11.1 Å². The largest absolute Gasteiger partial charge is 0.345 e. The minimum Gasteiger partial charge on any atom is -0.345 e. The minimum absolute atomic E-state index is 0.0306. The molecule has 4 aliphatic rings. The van der Waals surface area contributed by atoms with E-state index in [0.29, 0.717) is 0 Å². The fraction of sp³-hybridized carbons (Fsp3) is 0.227. The van der Waals surface area contributed by atoms with Gasteiger partial charge in [0.25, 0.3) is 0 Å². The second kappa shape index (κ2) is 8.90. The number of fused-ring (bicyclic) bond motifs is 12. The zero-order valence-corrected chi connectivity index (χ0v) is 28.0. The first-order valence-electron chi connectivity index (χ1n) is 16.8. The Morgan fingerprint density at radius 2 is 1.35 bits per heavy atom. The van der Waals surface area contributed by atoms with Gasteiger partial charge >= 0.3 is 0 Å². The Bertz CT molecular complexity index is 2410. The van der Waals surface area contributed by atoms with E-state index in [1.807, 2.05) is 11.3 Å². The van der Waals surface area contributed by atoms with Crippen LogP contribution in [0, 0.1) is 0 Å². The zero-order valence-electron chi connectivity index (χ0n) is 27.2. The van der Waals surface area contributed by atoms with Crippen molar-refractivity contribution >= 4 is 54.0 Å². The van der Waals surface area contributed by atoms with Crippen LogP contribution in [0.3, 0.4) is 0 Å². The van der Waals surface area contributed by atoms with Crippen LogP contribution in [0.4, 0.5) is 11.4 Å². The van der Waals surface area contributed by atoms with Gasteiger partial charge < -0.3 is 4.90 Å². The zero-order chi connectivity index (χ0) is 31.1. The molecule has 0 N–H and O–H groups in total. The fourth-order valence-corrected chi connectivity index (χ4v) is 10.7. The van der Waals surface area contributed by atoms with E-state index in [9.17, 15) is 0 Å². The van der Waals surface area contributed by atoms with E-state index in [4.69, 9.17) is 0 Å². The van der Waals surface area contributed by atoms with Gasteiger partial charge in [0.15, 0.2) is 0 Å². The third-order valence-electron chi connectivity index (χ3n) is 11.8. The van der Waals surface area contributed by atoms with Crippen molar-refractivity contribution in [2.75, 3.05) is 11.9 Å². The Hall–Kier alpha value is -4.40. The van der Waals surface area contributed by atoms with E-state index in [1.165, 1.54) is 82.5 Å². The van der Waals surface area contributed by atoms with Crippen molar-refractivity contribution in [2.45, 2.75) is 57.8 Å². The minimum atomic E-state index is -0.0578. The van der Waals surface area contributed by atoms with Gasteiger partial charge in [-0.1, -0.05) is 100.0 Å². The second-order valence-electron chi connectivity index (χ2n) is 14.9. The molecular formula is C44H37NS. The first-order chi connectivity index (χ1) is 22.2. The second-order valence-corrected chi connectivity index (χ2v) is 16.0. The average Bonchev–Trinajstić information content (AvgIpc) is 3.76. The van der Waals surface area contributed by atoms with Crippen LogP contribution >= 0.6 is 11.3 Å². The molecule has 5 aromatic carbocycles. The normalized spacial score (nSPS) is 18.0. The molecule has 0 spiro atoms. The molecule has 1 nitrogen and oxygen atoms in total. The van der Waals surface area contributed by atoms with E-state index in [-0.39, 0.29) is 10.8 Å². The summed E-state index contributed by atoms with van der Waals surface area (Å²) in [5.41, 5.74) is 20.4. The summed E-state index contributed by atoms with van der Waals surface area (Å²) in [4.78, 5) is 2.40. The van der Waals surface area contributed by atoms with E-state index < -0.39 is 0 Å². The number of hydrogen-bond donors (Lipinski definition) is 0. The van der Waals surface area contributed by atoms with Crippen molar-refractivity contribution in [2.24, 2.45) is 0 Å². The van der Waals surface area contributed by atoms with Crippen LogP contribution in [-0.4, -0.2) is 7.05 Å². The maximum atomic E-state index is 2.49. The van der Waals surface area contributed by atoms with Gasteiger partial charge in [-0.05, 0) is 105 Å². The smallest absolute Gasteiger partial charge is 0.0437 e. The van der Waals surface area contributed by atoms with Crippen LogP contribution in [0.1, 0.15) is 73.9 Å². The summed E-state index contributed by atoms with van der Waals surface area (Å²) in [7, 11) is 2.24. The van der Waals surface area contributed by atoms with Crippen molar-refractivity contribution < 1.29 is 0 Å². The van der Waals surface area contributed by atoms with E-state index >= 15 is 0 Å². The molecule has 0 aliphatic heterocycles. The SMILES string of the molecule is CN(c1ccc2c(c1)C(C)(C)C1=C2CCC2=C1c1ccccc1C2)c1ccc2c(c1)C(C)(C)c1ccc3c(sc4ccccc43)c1-2. The van der Waals surface area contributed by atoms with E-state index in [0.717, 1.165) is 12.8 Å². The topological polar surface area (TPSA) is 3.24 Å². The molecule has 1 heterocycles. The first-order valence-corrected chi connectivity index (χ1v) is 17.6. The Morgan fingerprint density at radius 3 is 2.17 bits per heavy atom. The molecule has 10 rings (SSSR count). The Kier molecular flexibility index (Phi) is 5.18. The lowest BCUT2D eigenvalue weighted by molar-refractivity contribution is 0.654. The van der Waals surface area contributed by atoms with Crippen LogP contribution in [0.2, 0.25) is 0 Å². The highest BCUT2D eigenvalue weighted by molar-refractivity contribution is 7.26. The molecule has 0 bridgehead atoms. The highest BCUT2D eigenvalue weighted by Gasteiger charge is 2.44. The lowest BCUT2D eigenvalue weighted by atomic mass is 9.74. The van der Waals surface area contributed by atoms with Gasteiger partial charge in [0.2, 0.25) is 0 Å². The summed E-state index contributed by atoms with van der Waals surface area (Å²) in [6.45, 7) is 9.72. The van der Waals surface area contributed by atoms with Gasteiger partial charge in [0.1, 0.15) is 0 Å². The fourth-order valence-electron chi connectivity index (χ4n) is 9.47. The van der Waals surface area contributed by atoms with Gasteiger partial charge in [-0.3, -0.25) is 0 Å². The third-order valence-corrected chi connectivity index (χ3v) is 13.0. The first kappa shape index (κ1) is 26.8. The standard InChI is InChI=1S/C44H37NS/c1-43(2)35-21-20-33-31-12-8-9-13-38(31)46-42(33)40(35)34-19-16-28(24-37(34)43)45(5)27-15-18-30-32-17-14-26-22-25-10-6-7-11-29(25)39(26)41(32)44(3,4)36(30)23-27/h6-13,15-16,18-21,23-24H,14,17,22H2,1-5H3. The summed E-state index contributed by atoms with van der Waals surface area (Å²) >= 11 is 1.94. The van der Waals surface area contributed by atoms with Crippen LogP contribution in [0.5, 0.6) is 0 Å². The summed E-state index contributed by atoms with van der Waals surface area (Å²) in [5.74, 6) is 0. The highest BCUT2D eigenvalue weighted by atomic mass is 32.1. The molecule has 0 saturated heterocycles. The number of nitrogens with zero attached hydrogens (tertiary/aromatic N) is 1. The lowest BCUT2D eigenvalue weighted by Crippen LogP contribution is -2.20. The Labute approximate surface area is 275 Å². The summed E-state index contributed by atoms with van der Waals surface area (Å²) in [5, 5.41) is 2.75. The number of hydrogen-bond acceptors (Lipinski definition) is 2. The molecule has 2 heteroatoms. The molecule has 0 radical (unpaired) electrons. The summed E-state index contributed by atoms with van der Waals surface area (Å²) < 4.78 is 2.79. The number of thiophene rings is 1. The molecule has 6 aromatic rings. The van der Waals surface area contributed by atoms with Crippen LogP contribution in [0.25, 0.3) is 42.4 Å². The molecule has 4 aliphatic carbocycles. The Balaban J connectivity index is 1.05. The van der Waals surface area contributed by atoms with Crippen LogP contribution < -0.4 is 4.90 Å². The Morgan fingerprint density at radius 1 is 0.630 bits per heavy atom. The molecule has 46 heavy (non-hydrogen) atoms. The molecule has 0 fully saturated rings. The van der Waals surface area contributed by atoms with Gasteiger partial charge in [0.05, 0.1) is 0 Å². The summed E-state index contributed by atoms with van der Waals surface area (Å²) in [6.07, 6.45) is 3.46. The van der Waals surface area contributed by atoms with Crippen molar-refractivity contribution in [1.82, 2.24) is 0 Å². The van der Waals surface area contributed by atoms with Crippen molar-refractivity contribution in [1.29, 1.82) is 0 Å². The number of anilines is 2. The highest BCUT2D eigenvalue weighted by Crippen LogP contribution is 2.59. The van der Waals surface area contributed by atoms with Crippen LogP contribution in [-0.2, 0) is 17.3 Å². The van der Waals surface area contributed by atoms with Crippen LogP contribution in [0.15, 0.2) is 108 Å². The maximum Gasteiger partial charge on any atom is 0.0437 e. The maximum absolute atomic E-state index is 2.49. The predicted molar refractivity (Wildman–Crippen MR) is 198 cm³/mol. The van der Waals surface area contributed by atoms with E-state index in [1.54, 1.807) is 22.3 Å². The molecule has 0 unspecified atom stereocenters. The predicted octanol–water partition coefficient (Wildman–Crippen LogP) is 12.0. The van der Waals surface area contributed by atoms with E-state index in [2.05, 4.69) is 137 Å². The van der Waals surface area contributed by atoms with Gasteiger partial charge in [-0.25, -0.2) is 0 Å². The van der Waals surface area contributed by atoms with Crippen molar-refractivity contribution in [3.63, 3.8) is 0 Å². The molecular weight excluding hydrogens is 575 g/mol. The molecule has 0 saturated carbocycles. The van der Waals surface area contributed by atoms with Gasteiger partial charge in [-0.15, -0.1) is 11.3 Å². The number of allylic oxidation sites excluding steroid dienone is 4. The number of rotatable bonds is 2. The quantitative estimate of drug-likeness (QED) is 0.188. The average molecular weight is 612 g/mol. The molecule has 224 valence electrons. The van der Waals surface area contributed by atoms with Gasteiger partial charge in [0, 0.05) is 55.0 Å². The third kappa shape index (κ3) is 3.31. The summed E-state index contributed by atoms with van der Waals surface area (Å²) in [6, 6.07) is 37.1.